The highest BCUT2D eigenvalue weighted by molar-refractivity contribution is 6.60. The first-order valence-corrected chi connectivity index (χ1v) is 13.8. The van der Waals surface area contributed by atoms with E-state index < -0.39 is 64.3 Å². The van der Waals surface area contributed by atoms with Crippen LogP contribution in [0, 0.1) is 5.92 Å². The van der Waals surface area contributed by atoms with Gasteiger partial charge in [-0.25, -0.2) is 9.59 Å². The van der Waals surface area contributed by atoms with E-state index in [4.69, 9.17) is 27.5 Å². The molecule has 0 saturated heterocycles. The van der Waals surface area contributed by atoms with Crippen molar-refractivity contribution in [2.45, 2.75) is 66.0 Å². The summed E-state index contributed by atoms with van der Waals surface area (Å²) in [5, 5.41) is 9.32. The van der Waals surface area contributed by atoms with Crippen LogP contribution in [0.3, 0.4) is 0 Å². The lowest BCUT2D eigenvalue weighted by atomic mass is 10.00. The summed E-state index contributed by atoms with van der Waals surface area (Å²) in [4.78, 5) is 47.8. The molecule has 11 nitrogen and oxygen atoms in total. The normalized spacial score (nSPS) is 12.1. The van der Waals surface area contributed by atoms with Gasteiger partial charge in [0.15, 0.2) is 6.10 Å². The number of carboxylic acid groups (broad SMARTS) is 1. The third-order valence-electron chi connectivity index (χ3n) is 4.66. The van der Waals surface area contributed by atoms with Gasteiger partial charge >= 0.3 is 32.7 Å². The van der Waals surface area contributed by atoms with Crippen LogP contribution in [0.5, 0.6) is 0 Å². The molecule has 0 aliphatic heterocycles. The van der Waals surface area contributed by atoms with E-state index in [0.717, 1.165) is 0 Å². The highest BCUT2D eigenvalue weighted by Crippen LogP contribution is 2.23. The van der Waals surface area contributed by atoms with Gasteiger partial charge < -0.3 is 32.6 Å². The van der Waals surface area contributed by atoms with Gasteiger partial charge in [-0.1, -0.05) is 13.2 Å². The van der Waals surface area contributed by atoms with E-state index >= 15 is 0 Å². The Morgan fingerprint density at radius 2 is 1.28 bits per heavy atom. The van der Waals surface area contributed by atoms with Gasteiger partial charge in [0, 0.05) is 37.0 Å². The lowest BCUT2D eigenvalue weighted by Gasteiger charge is -2.29. The van der Waals surface area contributed by atoms with Crippen molar-refractivity contribution < 1.29 is 51.8 Å². The average Bonchev–Trinajstić information content (AvgIpc) is 2.79. The zero-order chi connectivity index (χ0) is 27.7. The first-order valence-electron chi connectivity index (χ1n) is 11.9. The Morgan fingerprint density at radius 1 is 0.833 bits per heavy atom. The van der Waals surface area contributed by atoms with E-state index in [9.17, 15) is 24.3 Å². The first kappa shape index (κ1) is 33.5. The van der Waals surface area contributed by atoms with Gasteiger partial charge in [0.1, 0.15) is 13.2 Å². The fourth-order valence-electron chi connectivity index (χ4n) is 3.04. The molecule has 1 unspecified atom stereocenters. The van der Waals surface area contributed by atoms with Gasteiger partial charge in [-0.15, -0.1) is 0 Å². The number of aliphatic carboxylic acids is 1. The van der Waals surface area contributed by atoms with Crippen LogP contribution in [-0.2, 0) is 46.7 Å². The monoisotopic (exact) mass is 532 g/mol. The first-order chi connectivity index (χ1) is 16.9. The van der Waals surface area contributed by atoms with Crippen molar-refractivity contribution in [2.75, 3.05) is 33.0 Å². The second kappa shape index (κ2) is 17.8. The van der Waals surface area contributed by atoms with Gasteiger partial charge in [0.05, 0.1) is 12.3 Å². The van der Waals surface area contributed by atoms with E-state index in [1.54, 1.807) is 0 Å². The van der Waals surface area contributed by atoms with E-state index in [0.29, 0.717) is 32.3 Å². The summed E-state index contributed by atoms with van der Waals surface area (Å²) in [6, 6.07) is 0.391. The zero-order valence-electron chi connectivity index (χ0n) is 22.0. The number of rotatable bonds is 20. The summed E-state index contributed by atoms with van der Waals surface area (Å²) < 4.78 is 32.9. The minimum absolute atomic E-state index is 0.133. The Labute approximate surface area is 214 Å². The fraction of sp³-hybridized carbons (Fsp3) is 0.667. The van der Waals surface area contributed by atoms with Gasteiger partial charge in [-0.2, -0.15) is 0 Å². The van der Waals surface area contributed by atoms with Gasteiger partial charge in [-0.3, -0.25) is 9.59 Å². The summed E-state index contributed by atoms with van der Waals surface area (Å²) >= 11 is 0. The quantitative estimate of drug-likeness (QED) is 0.107. The predicted octanol–water partition coefficient (Wildman–Crippen LogP) is 3.06. The number of carbonyl (C=O) groups is 4. The van der Waals surface area contributed by atoms with Gasteiger partial charge in [0.2, 0.25) is 0 Å². The lowest BCUT2D eigenvalue weighted by molar-refractivity contribution is -0.169. The number of hydrogen-bond acceptors (Lipinski definition) is 10. The molecule has 0 heterocycles. The van der Waals surface area contributed by atoms with Crippen molar-refractivity contribution in [3.05, 3.63) is 24.3 Å². The summed E-state index contributed by atoms with van der Waals surface area (Å²) in [5.41, 5.74) is 0.265. The van der Waals surface area contributed by atoms with E-state index in [-0.39, 0.29) is 17.6 Å². The molecule has 0 aromatic rings. The van der Waals surface area contributed by atoms with Crippen LogP contribution < -0.4 is 0 Å². The van der Waals surface area contributed by atoms with Crippen molar-refractivity contribution in [2.24, 2.45) is 5.92 Å². The Balaban J connectivity index is 5.41. The fourth-order valence-corrected chi connectivity index (χ4v) is 5.68. The van der Waals surface area contributed by atoms with E-state index in [1.165, 1.54) is 13.8 Å². The molecular weight excluding hydrogens is 492 g/mol. The van der Waals surface area contributed by atoms with Crippen molar-refractivity contribution in [3.8, 4) is 0 Å². The molecule has 0 saturated carbocycles. The molecule has 0 aliphatic carbocycles. The second-order valence-electron chi connectivity index (χ2n) is 7.99. The smallest absolute Gasteiger partial charge is 0.481 e. The average molecular weight is 533 g/mol. The minimum atomic E-state index is -2.97. The molecule has 0 aromatic carbocycles. The molecule has 0 amide bonds. The number of hydrogen-bond donors (Lipinski definition) is 1. The molecule has 36 heavy (non-hydrogen) atoms. The third-order valence-corrected chi connectivity index (χ3v) is 7.81. The standard InChI is InChI=1S/C24H40O11Si/c1-8-32-36(33-9-2,34-10-3)13-11-12-19(14-21(25)26)24(29)35-20(15-30-22(27)17(4)5)16-31-23(28)18(6)7/h19-20H,4,6,8-16H2,1-3,5,7H3,(H,25,26). The molecular formula is C24H40O11Si. The largest absolute Gasteiger partial charge is 0.500 e. The number of carbonyl (C=O) groups excluding carboxylic acids is 3. The SMILES string of the molecule is C=C(C)C(=O)OCC(COC(=O)C(=C)C)OC(=O)C(CCC[Si](OCC)(OCC)OCC)CC(=O)O. The Kier molecular flexibility index (Phi) is 16.6. The third kappa shape index (κ3) is 13.5. The molecule has 0 aromatic heterocycles. The van der Waals surface area contributed by atoms with Crippen LogP contribution in [0.4, 0.5) is 0 Å². The van der Waals surface area contributed by atoms with E-state index in [1.807, 2.05) is 20.8 Å². The maximum Gasteiger partial charge on any atom is 0.500 e. The summed E-state index contributed by atoms with van der Waals surface area (Å²) in [6.07, 6.45) is -1.07. The van der Waals surface area contributed by atoms with Gasteiger partial charge in [0.25, 0.3) is 0 Å². The second-order valence-corrected chi connectivity index (χ2v) is 10.7. The highest BCUT2D eigenvalue weighted by atomic mass is 28.4. The summed E-state index contributed by atoms with van der Waals surface area (Å²) in [6.45, 7) is 15.7. The lowest BCUT2D eigenvalue weighted by Crippen LogP contribution is -2.46. The van der Waals surface area contributed by atoms with Crippen LogP contribution in [0.2, 0.25) is 6.04 Å². The molecule has 206 valence electrons. The maximum atomic E-state index is 12.9. The maximum absolute atomic E-state index is 12.9. The number of carboxylic acids is 1. The van der Waals surface area contributed by atoms with Crippen LogP contribution in [0.25, 0.3) is 0 Å². The predicted molar refractivity (Wildman–Crippen MR) is 132 cm³/mol. The van der Waals surface area contributed by atoms with Crippen LogP contribution in [0.15, 0.2) is 24.3 Å². The molecule has 0 bridgehead atoms. The molecule has 12 heteroatoms. The Morgan fingerprint density at radius 3 is 1.64 bits per heavy atom. The van der Waals surface area contributed by atoms with Gasteiger partial charge in [-0.05, 0) is 47.5 Å². The number of ether oxygens (including phenoxy) is 3. The molecule has 1 atom stereocenters. The summed E-state index contributed by atoms with van der Waals surface area (Å²) in [5.74, 6) is -4.44. The van der Waals surface area contributed by atoms with E-state index in [2.05, 4.69) is 13.2 Å². The topological polar surface area (TPSA) is 144 Å². The Hall–Kier alpha value is -2.54. The Bertz CT molecular complexity index is 718. The molecule has 0 radical (unpaired) electrons. The molecule has 1 N–H and O–H groups in total. The summed E-state index contributed by atoms with van der Waals surface area (Å²) in [7, 11) is -2.97. The zero-order valence-corrected chi connectivity index (χ0v) is 23.0. The van der Waals surface area contributed by atoms with Crippen molar-refractivity contribution in [1.82, 2.24) is 0 Å². The molecule has 0 aliphatic rings. The minimum Gasteiger partial charge on any atom is -0.481 e. The van der Waals surface area contributed by atoms with Crippen LogP contribution in [0.1, 0.15) is 53.9 Å². The van der Waals surface area contributed by atoms with Crippen molar-refractivity contribution >= 4 is 32.7 Å². The molecule has 0 fully saturated rings. The van der Waals surface area contributed by atoms with Crippen LogP contribution in [-0.4, -0.2) is 76.9 Å². The molecule has 0 spiro atoms. The number of esters is 3. The van der Waals surface area contributed by atoms with Crippen molar-refractivity contribution in [3.63, 3.8) is 0 Å². The van der Waals surface area contributed by atoms with Crippen molar-refractivity contribution in [1.29, 1.82) is 0 Å². The van der Waals surface area contributed by atoms with Crippen LogP contribution >= 0.6 is 0 Å². The highest BCUT2D eigenvalue weighted by Gasteiger charge is 2.40. The molecule has 0 rings (SSSR count).